The van der Waals surface area contributed by atoms with Gasteiger partial charge in [0, 0.05) is 12.1 Å². The van der Waals surface area contributed by atoms with Crippen molar-refractivity contribution in [3.63, 3.8) is 0 Å². The number of halogens is 5. The number of aromatic hydroxyl groups is 1. The van der Waals surface area contributed by atoms with Gasteiger partial charge in [-0.25, -0.2) is 13.8 Å². The third-order valence-electron chi connectivity index (χ3n) is 6.70. The Morgan fingerprint density at radius 1 is 1.26 bits per heavy atom. The van der Waals surface area contributed by atoms with Crippen LogP contribution in [0.25, 0.3) is 0 Å². The molecular formula is C22H27F5N2O2. The monoisotopic (exact) mass is 446 g/mol. The molecule has 1 fully saturated rings. The van der Waals surface area contributed by atoms with Crippen LogP contribution in [0.3, 0.4) is 0 Å². The van der Waals surface area contributed by atoms with Crippen molar-refractivity contribution < 1.29 is 31.9 Å². The summed E-state index contributed by atoms with van der Waals surface area (Å²) in [5, 5.41) is 12.8. The molecule has 1 saturated carbocycles. The van der Waals surface area contributed by atoms with E-state index in [2.05, 4.69) is 10.3 Å². The maximum atomic E-state index is 14.5. The quantitative estimate of drug-likeness (QED) is 0.473. The zero-order valence-electron chi connectivity index (χ0n) is 17.5. The standard InChI is InChI=1S/C22H27F5N2O2/c1-12-14(4-3-5-16(12)24)19(21(2)9-6-13(23)7-10-21)29-20(31)17-18(30)15(8-11-28-17)22(25,26)27/h4,8,11-13,16,19,30H,3,5-7,9-10H2,1-2H3,(H,29,31). The van der Waals surface area contributed by atoms with Crippen molar-refractivity contribution in [3.05, 3.63) is 35.2 Å². The molecule has 1 aromatic heterocycles. The minimum Gasteiger partial charge on any atom is -0.505 e. The lowest BCUT2D eigenvalue weighted by Gasteiger charge is -2.45. The maximum Gasteiger partial charge on any atom is 0.420 e. The van der Waals surface area contributed by atoms with Gasteiger partial charge in [-0.2, -0.15) is 13.2 Å². The lowest BCUT2D eigenvalue weighted by molar-refractivity contribution is -0.138. The zero-order valence-corrected chi connectivity index (χ0v) is 17.5. The topological polar surface area (TPSA) is 62.2 Å². The summed E-state index contributed by atoms with van der Waals surface area (Å²) in [6, 6.07) is -0.121. The first-order chi connectivity index (χ1) is 14.4. The van der Waals surface area contributed by atoms with Gasteiger partial charge in [0.1, 0.15) is 17.9 Å². The molecular weight excluding hydrogens is 419 g/mol. The average Bonchev–Trinajstić information content (AvgIpc) is 2.70. The van der Waals surface area contributed by atoms with E-state index >= 15 is 0 Å². The third-order valence-corrected chi connectivity index (χ3v) is 6.70. The molecule has 0 radical (unpaired) electrons. The Labute approximate surface area is 177 Å². The lowest BCUT2D eigenvalue weighted by atomic mass is 9.65. The number of hydrogen-bond acceptors (Lipinski definition) is 3. The molecule has 172 valence electrons. The number of nitrogens with one attached hydrogen (secondary N) is 1. The summed E-state index contributed by atoms with van der Waals surface area (Å²) in [6.45, 7) is 3.58. The molecule has 9 heteroatoms. The molecule has 2 aliphatic rings. The first kappa shape index (κ1) is 23.5. The number of rotatable bonds is 4. The van der Waals surface area contributed by atoms with Gasteiger partial charge in [-0.1, -0.05) is 19.9 Å². The van der Waals surface area contributed by atoms with E-state index in [9.17, 15) is 31.9 Å². The summed E-state index contributed by atoms with van der Waals surface area (Å²) in [7, 11) is 0. The number of carbonyl (C=O) groups is 1. The second-order valence-electron chi connectivity index (χ2n) is 8.87. The molecule has 2 N–H and O–H groups in total. The third kappa shape index (κ3) is 4.85. The van der Waals surface area contributed by atoms with E-state index in [1.807, 2.05) is 13.0 Å². The average molecular weight is 446 g/mol. The van der Waals surface area contributed by atoms with Crippen LogP contribution < -0.4 is 5.32 Å². The molecule has 0 aromatic carbocycles. The summed E-state index contributed by atoms with van der Waals surface area (Å²) in [4.78, 5) is 16.6. The molecule has 1 heterocycles. The van der Waals surface area contributed by atoms with Crippen LogP contribution in [0, 0.1) is 11.3 Å². The van der Waals surface area contributed by atoms with Gasteiger partial charge in [0.25, 0.3) is 5.91 Å². The van der Waals surface area contributed by atoms with E-state index < -0.39 is 58.8 Å². The molecule has 1 amide bonds. The number of hydrogen-bond donors (Lipinski definition) is 2. The van der Waals surface area contributed by atoms with Crippen molar-refractivity contribution in [2.45, 2.75) is 76.9 Å². The zero-order chi connectivity index (χ0) is 23.0. The van der Waals surface area contributed by atoms with E-state index in [0.717, 1.165) is 6.20 Å². The fourth-order valence-corrected chi connectivity index (χ4v) is 4.67. The smallest absolute Gasteiger partial charge is 0.420 e. The van der Waals surface area contributed by atoms with Gasteiger partial charge < -0.3 is 10.4 Å². The second kappa shape index (κ2) is 8.74. The molecule has 2 aliphatic carbocycles. The summed E-state index contributed by atoms with van der Waals surface area (Å²) < 4.78 is 67.6. The van der Waals surface area contributed by atoms with Crippen molar-refractivity contribution >= 4 is 5.91 Å². The van der Waals surface area contributed by atoms with Crippen LogP contribution in [-0.4, -0.2) is 34.4 Å². The van der Waals surface area contributed by atoms with Crippen LogP contribution in [0.1, 0.15) is 68.4 Å². The number of pyridine rings is 1. The van der Waals surface area contributed by atoms with Gasteiger partial charge in [0.15, 0.2) is 11.4 Å². The minimum absolute atomic E-state index is 0.288. The van der Waals surface area contributed by atoms with Crippen molar-refractivity contribution in [2.75, 3.05) is 0 Å². The SMILES string of the molecule is CC1C(C(NC(=O)c2nccc(C(F)(F)F)c2O)C2(C)CCC(F)CC2)=CCCC1F. The molecule has 1 aromatic rings. The molecule has 4 nitrogen and oxygen atoms in total. The molecule has 0 spiro atoms. The van der Waals surface area contributed by atoms with Gasteiger partial charge in [-0.3, -0.25) is 4.79 Å². The fourth-order valence-electron chi connectivity index (χ4n) is 4.67. The maximum absolute atomic E-state index is 14.5. The number of aromatic nitrogens is 1. The van der Waals surface area contributed by atoms with Crippen LogP contribution in [0.2, 0.25) is 0 Å². The minimum atomic E-state index is -4.85. The highest BCUT2D eigenvalue weighted by Gasteiger charge is 2.44. The predicted molar refractivity (Wildman–Crippen MR) is 105 cm³/mol. The largest absolute Gasteiger partial charge is 0.505 e. The van der Waals surface area contributed by atoms with Crippen LogP contribution in [0.4, 0.5) is 22.0 Å². The summed E-state index contributed by atoms with van der Waals surface area (Å²) in [5.41, 5.74) is -2.06. The molecule has 0 bridgehead atoms. The second-order valence-corrected chi connectivity index (χ2v) is 8.87. The molecule has 31 heavy (non-hydrogen) atoms. The number of alkyl halides is 5. The molecule has 0 saturated heterocycles. The van der Waals surface area contributed by atoms with Crippen molar-refractivity contribution in [1.82, 2.24) is 10.3 Å². The predicted octanol–water partition coefficient (Wildman–Crippen LogP) is 5.52. The van der Waals surface area contributed by atoms with Crippen molar-refractivity contribution in [1.29, 1.82) is 0 Å². The van der Waals surface area contributed by atoms with E-state index in [1.165, 1.54) is 0 Å². The Morgan fingerprint density at radius 3 is 2.52 bits per heavy atom. The van der Waals surface area contributed by atoms with Crippen LogP contribution in [-0.2, 0) is 6.18 Å². The van der Waals surface area contributed by atoms with Crippen LogP contribution >= 0.6 is 0 Å². The Morgan fingerprint density at radius 2 is 1.90 bits per heavy atom. The first-order valence-electron chi connectivity index (χ1n) is 10.5. The summed E-state index contributed by atoms with van der Waals surface area (Å²) in [5.74, 6) is -2.73. The Kier molecular flexibility index (Phi) is 6.62. The van der Waals surface area contributed by atoms with E-state index in [0.29, 0.717) is 37.3 Å². The molecule has 3 atom stereocenters. The highest BCUT2D eigenvalue weighted by Crippen LogP contribution is 2.45. The van der Waals surface area contributed by atoms with Crippen molar-refractivity contribution in [3.8, 4) is 5.75 Å². The highest BCUT2D eigenvalue weighted by atomic mass is 19.4. The van der Waals surface area contributed by atoms with Gasteiger partial charge >= 0.3 is 6.18 Å². The van der Waals surface area contributed by atoms with E-state index in [4.69, 9.17) is 0 Å². The first-order valence-corrected chi connectivity index (χ1v) is 10.5. The molecule has 3 rings (SSSR count). The summed E-state index contributed by atoms with van der Waals surface area (Å²) in [6.07, 6.45) is -1.98. The molecule has 3 unspecified atom stereocenters. The Balaban J connectivity index is 1.96. The number of nitrogens with zero attached hydrogens (tertiary/aromatic N) is 1. The van der Waals surface area contributed by atoms with Crippen molar-refractivity contribution in [2.24, 2.45) is 11.3 Å². The Hall–Kier alpha value is -2.19. The summed E-state index contributed by atoms with van der Waals surface area (Å²) >= 11 is 0. The lowest BCUT2D eigenvalue weighted by Crippen LogP contribution is -2.51. The number of amides is 1. The van der Waals surface area contributed by atoms with E-state index in [1.54, 1.807) is 6.92 Å². The van der Waals surface area contributed by atoms with Gasteiger partial charge in [0.2, 0.25) is 0 Å². The van der Waals surface area contributed by atoms with Crippen LogP contribution in [0.5, 0.6) is 5.75 Å². The van der Waals surface area contributed by atoms with Gasteiger partial charge in [-0.05, 0) is 55.6 Å². The highest BCUT2D eigenvalue weighted by molar-refractivity contribution is 5.95. The van der Waals surface area contributed by atoms with Gasteiger partial charge in [0.05, 0.1) is 6.04 Å². The van der Waals surface area contributed by atoms with Gasteiger partial charge in [-0.15, -0.1) is 0 Å². The normalized spacial score (nSPS) is 30.4. The fraction of sp³-hybridized carbons (Fsp3) is 0.636. The van der Waals surface area contributed by atoms with Crippen LogP contribution in [0.15, 0.2) is 23.9 Å². The Bertz CT molecular complexity index is 847. The molecule has 0 aliphatic heterocycles. The number of allylic oxidation sites excluding steroid dienone is 1. The number of carbonyl (C=O) groups excluding carboxylic acids is 1. The van der Waals surface area contributed by atoms with E-state index in [-0.39, 0.29) is 12.8 Å².